The van der Waals surface area contributed by atoms with Gasteiger partial charge in [0.1, 0.15) is 6.10 Å². The van der Waals surface area contributed by atoms with Crippen LogP contribution in [0.25, 0.3) is 10.2 Å². The maximum absolute atomic E-state index is 13.7. The standard InChI is InChI=1S/C28H35N5O5S/c1-16(2)29-28(37)32(5)14-22-17(3)13-33(18(4)15-34)27(36)19-9-8-11-21(24(19)38-22)30-25(35)26-31-20-10-6-7-12-23(20)39-26/h6-12,16-18,22,34H,13-15H2,1-5H3,(H,29,37)(H,30,35)/t17-,18-,22+/m0/s1. The average Bonchev–Trinajstić information content (AvgIpc) is 3.34. The molecule has 0 fully saturated rings. The van der Waals surface area contributed by atoms with E-state index in [1.165, 1.54) is 11.3 Å². The van der Waals surface area contributed by atoms with Crippen molar-refractivity contribution in [2.24, 2.45) is 5.92 Å². The fourth-order valence-electron chi connectivity index (χ4n) is 4.41. The smallest absolute Gasteiger partial charge is 0.317 e. The molecule has 1 aliphatic heterocycles. The lowest BCUT2D eigenvalue weighted by molar-refractivity contribution is 0.0368. The van der Waals surface area contributed by atoms with Gasteiger partial charge >= 0.3 is 6.03 Å². The monoisotopic (exact) mass is 553 g/mol. The molecule has 0 saturated heterocycles. The lowest BCUT2D eigenvalue weighted by atomic mass is 9.99. The third-order valence-corrected chi connectivity index (χ3v) is 7.68. The number of aliphatic hydroxyl groups is 1. The summed E-state index contributed by atoms with van der Waals surface area (Å²) in [5.74, 6) is -0.695. The van der Waals surface area contributed by atoms with Gasteiger partial charge in [-0.05, 0) is 45.0 Å². The van der Waals surface area contributed by atoms with Crippen molar-refractivity contribution in [2.45, 2.75) is 45.9 Å². The van der Waals surface area contributed by atoms with Crippen molar-refractivity contribution in [1.29, 1.82) is 0 Å². The number of rotatable bonds is 7. The molecular weight excluding hydrogens is 518 g/mol. The predicted octanol–water partition coefficient (Wildman–Crippen LogP) is 3.82. The number of fused-ring (bicyclic) bond motifs is 2. The van der Waals surface area contributed by atoms with E-state index in [0.29, 0.717) is 12.2 Å². The summed E-state index contributed by atoms with van der Waals surface area (Å²) in [6, 6.07) is 11.8. The number of carbonyl (C=O) groups is 3. The minimum Gasteiger partial charge on any atom is -0.485 e. The summed E-state index contributed by atoms with van der Waals surface area (Å²) < 4.78 is 7.36. The summed E-state index contributed by atoms with van der Waals surface area (Å²) in [5.41, 5.74) is 1.33. The van der Waals surface area contributed by atoms with Gasteiger partial charge in [0.2, 0.25) is 0 Å². The molecule has 4 amide bonds. The van der Waals surface area contributed by atoms with Crippen LogP contribution in [0.3, 0.4) is 0 Å². The molecule has 0 aliphatic carbocycles. The molecule has 1 aromatic heterocycles. The molecule has 4 rings (SSSR count). The number of para-hydroxylation sites is 2. The number of hydrogen-bond acceptors (Lipinski definition) is 7. The van der Waals surface area contributed by atoms with Crippen molar-refractivity contribution >= 4 is 45.1 Å². The van der Waals surface area contributed by atoms with Gasteiger partial charge < -0.3 is 30.3 Å². The summed E-state index contributed by atoms with van der Waals surface area (Å²) in [6.07, 6.45) is -0.506. The van der Waals surface area contributed by atoms with E-state index in [2.05, 4.69) is 15.6 Å². The predicted molar refractivity (Wildman–Crippen MR) is 151 cm³/mol. The number of anilines is 1. The van der Waals surface area contributed by atoms with Gasteiger partial charge in [-0.3, -0.25) is 9.59 Å². The van der Waals surface area contributed by atoms with Crippen LogP contribution in [0.15, 0.2) is 42.5 Å². The van der Waals surface area contributed by atoms with Gasteiger partial charge in [-0.1, -0.05) is 25.1 Å². The molecule has 3 atom stereocenters. The molecule has 39 heavy (non-hydrogen) atoms. The van der Waals surface area contributed by atoms with Gasteiger partial charge in [0, 0.05) is 25.6 Å². The average molecular weight is 554 g/mol. The largest absolute Gasteiger partial charge is 0.485 e. The number of aliphatic hydroxyl groups excluding tert-OH is 1. The van der Waals surface area contributed by atoms with E-state index in [9.17, 15) is 19.5 Å². The Morgan fingerprint density at radius 2 is 1.95 bits per heavy atom. The van der Waals surface area contributed by atoms with Crippen molar-refractivity contribution in [3.05, 3.63) is 53.0 Å². The quantitative estimate of drug-likeness (QED) is 0.409. The van der Waals surface area contributed by atoms with Crippen LogP contribution in [0, 0.1) is 5.92 Å². The Labute approximate surface area is 232 Å². The van der Waals surface area contributed by atoms with Gasteiger partial charge in [0.15, 0.2) is 10.8 Å². The SMILES string of the molecule is CC(C)NC(=O)N(C)C[C@H]1Oc2c(NC(=O)c3nc4ccccc4s3)cccc2C(=O)N([C@@H](C)CO)C[C@@H]1C. The lowest BCUT2D eigenvalue weighted by Crippen LogP contribution is -2.51. The number of hydrogen-bond donors (Lipinski definition) is 3. The number of carbonyl (C=O) groups excluding carboxylic acids is 3. The zero-order valence-electron chi connectivity index (χ0n) is 22.8. The topological polar surface area (TPSA) is 124 Å². The van der Waals surface area contributed by atoms with Crippen molar-refractivity contribution in [1.82, 2.24) is 20.1 Å². The highest BCUT2D eigenvalue weighted by atomic mass is 32.1. The second-order valence-corrected chi connectivity index (χ2v) is 11.3. The molecule has 2 heterocycles. The first-order valence-electron chi connectivity index (χ1n) is 13.0. The van der Waals surface area contributed by atoms with E-state index in [1.54, 1.807) is 42.0 Å². The highest BCUT2D eigenvalue weighted by molar-refractivity contribution is 7.20. The minimum atomic E-state index is -0.506. The van der Waals surface area contributed by atoms with Crippen molar-refractivity contribution in [3.63, 3.8) is 0 Å². The van der Waals surface area contributed by atoms with Crippen molar-refractivity contribution in [3.8, 4) is 5.75 Å². The first-order chi connectivity index (χ1) is 18.6. The zero-order chi connectivity index (χ0) is 28.3. The van der Waals surface area contributed by atoms with Crippen molar-refractivity contribution in [2.75, 3.05) is 32.1 Å². The number of thiazole rings is 1. The minimum absolute atomic E-state index is 0.0285. The van der Waals surface area contributed by atoms with Crippen LogP contribution in [0.1, 0.15) is 47.9 Å². The highest BCUT2D eigenvalue weighted by Gasteiger charge is 2.35. The molecule has 0 unspecified atom stereocenters. The van der Waals surface area contributed by atoms with E-state index < -0.39 is 18.1 Å². The van der Waals surface area contributed by atoms with E-state index in [4.69, 9.17) is 4.74 Å². The summed E-state index contributed by atoms with van der Waals surface area (Å²) in [6.45, 7) is 7.86. The number of ether oxygens (including phenoxy) is 1. The maximum Gasteiger partial charge on any atom is 0.317 e. The summed E-state index contributed by atoms with van der Waals surface area (Å²) in [4.78, 5) is 47.1. The second-order valence-electron chi connectivity index (χ2n) is 10.2. The number of amides is 4. The fraction of sp³-hybridized carbons (Fsp3) is 0.429. The summed E-state index contributed by atoms with van der Waals surface area (Å²) in [7, 11) is 1.69. The maximum atomic E-state index is 13.7. The van der Waals surface area contributed by atoms with Crippen LogP contribution in [0.2, 0.25) is 0 Å². The second kappa shape index (κ2) is 12.0. The Morgan fingerprint density at radius 3 is 2.64 bits per heavy atom. The lowest BCUT2D eigenvalue weighted by Gasteiger charge is -2.38. The number of aromatic nitrogens is 1. The number of benzene rings is 2. The molecule has 1 aliphatic rings. The first-order valence-corrected chi connectivity index (χ1v) is 13.8. The van der Waals surface area contributed by atoms with Crippen molar-refractivity contribution < 1.29 is 24.2 Å². The first kappa shape index (κ1) is 28.3. The van der Waals surface area contributed by atoms with E-state index >= 15 is 0 Å². The van der Waals surface area contributed by atoms with Crippen LogP contribution in [-0.2, 0) is 0 Å². The van der Waals surface area contributed by atoms with E-state index in [0.717, 1.165) is 10.2 Å². The Bertz CT molecular complexity index is 1330. The normalized spacial score (nSPS) is 18.1. The molecule has 208 valence electrons. The molecule has 0 bridgehead atoms. The third-order valence-electron chi connectivity index (χ3n) is 6.64. The molecule has 11 heteroatoms. The van der Waals surface area contributed by atoms with Crippen LogP contribution >= 0.6 is 11.3 Å². The Hall–Kier alpha value is -3.70. The van der Waals surface area contributed by atoms with Gasteiger partial charge in [-0.2, -0.15) is 0 Å². The van der Waals surface area contributed by atoms with E-state index in [1.807, 2.05) is 45.0 Å². The molecule has 0 radical (unpaired) electrons. The summed E-state index contributed by atoms with van der Waals surface area (Å²) in [5, 5.41) is 15.9. The zero-order valence-corrected chi connectivity index (χ0v) is 23.6. The third kappa shape index (κ3) is 6.31. The van der Waals surface area contributed by atoms with Crippen LogP contribution in [0.4, 0.5) is 10.5 Å². The van der Waals surface area contributed by atoms with Crippen LogP contribution in [-0.4, -0.2) is 82.7 Å². The Morgan fingerprint density at radius 1 is 1.21 bits per heavy atom. The molecular formula is C28H35N5O5S. The number of likely N-dealkylation sites (N-methyl/N-ethyl adjacent to an activating group) is 1. The van der Waals surface area contributed by atoms with Gasteiger partial charge in [-0.15, -0.1) is 11.3 Å². The molecule has 3 aromatic rings. The molecule has 10 nitrogen and oxygen atoms in total. The number of nitrogens with zero attached hydrogens (tertiary/aromatic N) is 3. The Balaban J connectivity index is 1.70. The van der Waals surface area contributed by atoms with Crippen LogP contribution < -0.4 is 15.4 Å². The van der Waals surface area contributed by atoms with Gasteiger partial charge in [-0.25, -0.2) is 9.78 Å². The molecule has 3 N–H and O–H groups in total. The fourth-order valence-corrected chi connectivity index (χ4v) is 5.28. The van der Waals surface area contributed by atoms with Gasteiger partial charge in [0.25, 0.3) is 11.8 Å². The summed E-state index contributed by atoms with van der Waals surface area (Å²) >= 11 is 1.28. The van der Waals surface area contributed by atoms with E-state index in [-0.39, 0.29) is 53.4 Å². The number of nitrogens with one attached hydrogen (secondary N) is 2. The highest BCUT2D eigenvalue weighted by Crippen LogP contribution is 2.35. The van der Waals surface area contributed by atoms with Gasteiger partial charge in [0.05, 0.1) is 40.7 Å². The molecule has 0 spiro atoms. The molecule has 0 saturated carbocycles. The molecule has 2 aromatic carbocycles. The number of urea groups is 1. The van der Waals surface area contributed by atoms with Crippen LogP contribution in [0.5, 0.6) is 5.75 Å². The Kier molecular flexibility index (Phi) is 8.71.